The van der Waals surface area contributed by atoms with Crippen LogP contribution in [0.15, 0.2) is 72.8 Å². The second kappa shape index (κ2) is 20.0. The zero-order chi connectivity index (χ0) is 38.3. The monoisotopic (exact) mass is 738 g/mol. The topological polar surface area (TPSA) is 110 Å². The smallest absolute Gasteiger partial charge is 0.412 e. The molecule has 0 bridgehead atoms. The van der Waals surface area contributed by atoms with Crippen LogP contribution in [0.1, 0.15) is 81.3 Å². The third-order valence-corrected chi connectivity index (χ3v) is 9.14. The number of likely N-dealkylation sites (tertiary alicyclic amines) is 1. The lowest BCUT2D eigenvalue weighted by atomic mass is 10.1. The Kier molecular flexibility index (Phi) is 14.9. The van der Waals surface area contributed by atoms with Gasteiger partial charge in [0.25, 0.3) is 0 Å². The van der Waals surface area contributed by atoms with Gasteiger partial charge in [0.1, 0.15) is 22.8 Å². The van der Waals surface area contributed by atoms with Gasteiger partial charge < -0.3 is 29.2 Å². The minimum atomic E-state index is -0.706. The van der Waals surface area contributed by atoms with Crippen molar-refractivity contribution in [3.05, 3.63) is 101 Å². The van der Waals surface area contributed by atoms with E-state index in [1.165, 1.54) is 37.1 Å². The fraction of sp³-hybridized carbons (Fsp3) is 0.465. The highest BCUT2D eigenvalue weighted by atomic mass is 16.6. The van der Waals surface area contributed by atoms with Crippen molar-refractivity contribution in [1.82, 2.24) is 20.2 Å². The number of rotatable bonds is 19. The third-order valence-electron chi connectivity index (χ3n) is 9.14. The fourth-order valence-corrected chi connectivity index (χ4v) is 6.37. The van der Waals surface area contributed by atoms with Crippen LogP contribution in [-0.4, -0.2) is 67.0 Å². The van der Waals surface area contributed by atoms with Gasteiger partial charge in [-0.25, -0.2) is 4.79 Å². The molecular formula is C43H58N6O5. The average Bonchev–Trinajstić information content (AvgIpc) is 3.67. The number of benzene rings is 3. The molecule has 4 aromatic rings. The summed E-state index contributed by atoms with van der Waals surface area (Å²) >= 11 is 0. The maximum Gasteiger partial charge on any atom is 0.412 e. The summed E-state index contributed by atoms with van der Waals surface area (Å²) in [4.78, 5) is 28.0. The van der Waals surface area contributed by atoms with Crippen molar-refractivity contribution in [2.24, 2.45) is 0 Å². The van der Waals surface area contributed by atoms with Crippen molar-refractivity contribution < 1.29 is 23.7 Å². The summed E-state index contributed by atoms with van der Waals surface area (Å²) in [5, 5.41) is 6.65. The predicted molar refractivity (Wildman–Crippen MR) is 215 cm³/mol. The van der Waals surface area contributed by atoms with Gasteiger partial charge in [0.05, 0.1) is 26.5 Å². The molecule has 1 aromatic heterocycles. The van der Waals surface area contributed by atoms with E-state index in [1.54, 1.807) is 14.2 Å². The Morgan fingerprint density at radius 3 is 2.07 bits per heavy atom. The van der Waals surface area contributed by atoms with Crippen LogP contribution in [-0.2, 0) is 37.3 Å². The molecule has 0 radical (unpaired) electrons. The molecule has 0 unspecified atom stereocenters. The number of hydrogen-bond donors (Lipinski definition) is 2. The van der Waals surface area contributed by atoms with Crippen molar-refractivity contribution in [2.45, 2.75) is 91.6 Å². The van der Waals surface area contributed by atoms with E-state index in [-0.39, 0.29) is 6.01 Å². The van der Waals surface area contributed by atoms with Crippen LogP contribution in [0, 0.1) is 0 Å². The molecule has 0 saturated carbocycles. The second-order valence-electron chi connectivity index (χ2n) is 14.8. The van der Waals surface area contributed by atoms with Gasteiger partial charge in [0, 0.05) is 26.2 Å². The molecule has 3 aromatic carbocycles. The first-order valence-corrected chi connectivity index (χ1v) is 19.2. The van der Waals surface area contributed by atoms with E-state index in [4.69, 9.17) is 28.9 Å². The molecule has 0 atom stereocenters. The molecule has 2 heterocycles. The summed E-state index contributed by atoms with van der Waals surface area (Å²) in [6.07, 6.45) is 4.66. The summed E-state index contributed by atoms with van der Waals surface area (Å²) in [6, 6.07) is 25.0. The number of unbranched alkanes of at least 4 members (excludes halogenated alkanes) is 1. The molecular weight excluding hydrogens is 681 g/mol. The lowest BCUT2D eigenvalue weighted by Crippen LogP contribution is -2.31. The minimum absolute atomic E-state index is 0.258. The number of hydrogen-bond acceptors (Lipinski definition) is 10. The van der Waals surface area contributed by atoms with Gasteiger partial charge in [0.2, 0.25) is 0 Å². The molecule has 1 aliphatic rings. The minimum Gasteiger partial charge on any atom is -0.497 e. The molecule has 1 aliphatic heterocycles. The summed E-state index contributed by atoms with van der Waals surface area (Å²) < 4.78 is 22.8. The number of methoxy groups -OCH3 is 2. The Balaban J connectivity index is 1.48. The van der Waals surface area contributed by atoms with Gasteiger partial charge >= 0.3 is 12.1 Å². The third kappa shape index (κ3) is 12.6. The molecule has 1 saturated heterocycles. The van der Waals surface area contributed by atoms with Crippen LogP contribution in [0.25, 0.3) is 0 Å². The van der Waals surface area contributed by atoms with Gasteiger partial charge in [-0.05, 0) is 113 Å². The SMILES string of the molecule is CCCCOc1nc(CNCCc2cccc(CN3CCCC3)c2)c(NC(=O)OC(C)(C)C)c(N(Cc2ccc(OC)cc2)Cc2ccc(OC)cc2)n1. The highest BCUT2D eigenvalue weighted by Crippen LogP contribution is 2.33. The zero-order valence-corrected chi connectivity index (χ0v) is 33.0. The molecule has 2 N–H and O–H groups in total. The van der Waals surface area contributed by atoms with Crippen LogP contribution >= 0.6 is 0 Å². The quantitative estimate of drug-likeness (QED) is 0.0915. The predicted octanol–water partition coefficient (Wildman–Crippen LogP) is 8.15. The standard InChI is InChI=1S/C43H58N6O5/c1-7-8-26-53-41-45-38(28-44-23-22-32-12-11-13-35(27-32)29-48-24-9-10-25-48)39(46-42(50)54-43(2,3)4)40(47-41)49(30-33-14-18-36(51-5)19-15-33)31-34-16-20-37(52-6)21-17-34/h11-21,27,44H,7-10,22-26,28-31H2,1-6H3,(H,46,50). The molecule has 1 fully saturated rings. The van der Waals surface area contributed by atoms with Gasteiger partial charge in [-0.3, -0.25) is 10.2 Å². The number of amides is 1. The molecule has 5 rings (SSSR count). The van der Waals surface area contributed by atoms with E-state index in [2.05, 4.69) is 51.6 Å². The molecule has 1 amide bonds. The highest BCUT2D eigenvalue weighted by Gasteiger charge is 2.25. The highest BCUT2D eigenvalue weighted by molar-refractivity contribution is 5.90. The van der Waals surface area contributed by atoms with Crippen LogP contribution in [0.2, 0.25) is 0 Å². The molecule has 11 nitrogen and oxygen atoms in total. The number of ether oxygens (including phenoxy) is 4. The number of carbonyl (C=O) groups excluding carboxylic acids is 1. The van der Waals surface area contributed by atoms with Crippen molar-refractivity contribution in [3.8, 4) is 17.5 Å². The lowest BCUT2D eigenvalue weighted by Gasteiger charge is -2.28. The largest absolute Gasteiger partial charge is 0.497 e. The molecule has 290 valence electrons. The summed E-state index contributed by atoms with van der Waals surface area (Å²) in [5.41, 5.74) is 5.06. The Morgan fingerprint density at radius 2 is 1.48 bits per heavy atom. The molecule has 54 heavy (non-hydrogen) atoms. The van der Waals surface area contributed by atoms with E-state index < -0.39 is 11.7 Å². The first-order valence-electron chi connectivity index (χ1n) is 19.2. The summed E-state index contributed by atoms with van der Waals surface area (Å²) in [7, 11) is 3.31. The van der Waals surface area contributed by atoms with Gasteiger partial charge in [-0.15, -0.1) is 0 Å². The van der Waals surface area contributed by atoms with Crippen molar-refractivity contribution >= 4 is 17.6 Å². The normalized spacial score (nSPS) is 13.1. The molecule has 11 heteroatoms. The maximum atomic E-state index is 13.5. The van der Waals surface area contributed by atoms with Gasteiger partial charge in [-0.2, -0.15) is 9.97 Å². The maximum absolute atomic E-state index is 13.5. The summed E-state index contributed by atoms with van der Waals surface area (Å²) in [5.74, 6) is 2.07. The zero-order valence-electron chi connectivity index (χ0n) is 33.0. The van der Waals surface area contributed by atoms with Crippen LogP contribution in [0.3, 0.4) is 0 Å². The van der Waals surface area contributed by atoms with Crippen molar-refractivity contribution in [2.75, 3.05) is 50.7 Å². The number of anilines is 2. The fourth-order valence-electron chi connectivity index (χ4n) is 6.37. The van der Waals surface area contributed by atoms with E-state index in [1.807, 2.05) is 69.3 Å². The Labute approximate surface area is 321 Å². The van der Waals surface area contributed by atoms with E-state index in [0.717, 1.165) is 48.4 Å². The van der Waals surface area contributed by atoms with Crippen molar-refractivity contribution in [1.29, 1.82) is 0 Å². The van der Waals surface area contributed by atoms with Gasteiger partial charge in [0.15, 0.2) is 5.82 Å². The van der Waals surface area contributed by atoms with Crippen LogP contribution in [0.4, 0.5) is 16.3 Å². The molecule has 0 spiro atoms. The summed E-state index contributed by atoms with van der Waals surface area (Å²) in [6.45, 7) is 13.5. The van der Waals surface area contributed by atoms with Crippen molar-refractivity contribution in [3.63, 3.8) is 0 Å². The lowest BCUT2D eigenvalue weighted by molar-refractivity contribution is 0.0635. The first-order chi connectivity index (χ1) is 26.1. The number of nitrogens with one attached hydrogen (secondary N) is 2. The number of carbonyl (C=O) groups is 1. The first kappa shape index (κ1) is 40.3. The van der Waals surface area contributed by atoms with E-state index >= 15 is 0 Å². The molecule has 0 aliphatic carbocycles. The second-order valence-corrected chi connectivity index (χ2v) is 14.8. The van der Waals surface area contributed by atoms with Crippen LogP contribution in [0.5, 0.6) is 17.5 Å². The van der Waals surface area contributed by atoms with Gasteiger partial charge in [-0.1, -0.05) is 61.9 Å². The number of nitrogens with zero attached hydrogens (tertiary/aromatic N) is 4. The van der Waals surface area contributed by atoms with E-state index in [9.17, 15) is 4.79 Å². The van der Waals surface area contributed by atoms with Crippen LogP contribution < -0.4 is 29.7 Å². The Morgan fingerprint density at radius 1 is 0.852 bits per heavy atom. The Bertz CT molecular complexity index is 1700. The number of aromatic nitrogens is 2. The Hall–Kier alpha value is -4.87. The average molecular weight is 739 g/mol. The van der Waals surface area contributed by atoms with E-state index in [0.29, 0.717) is 50.0 Å².